The van der Waals surface area contributed by atoms with Crippen molar-refractivity contribution >= 4 is 17.2 Å². The highest BCUT2D eigenvalue weighted by atomic mass is 16.1. The van der Waals surface area contributed by atoms with E-state index in [-0.39, 0.29) is 5.78 Å². The number of aromatic nitrogens is 2. The normalized spacial score (nSPS) is 10.3. The number of para-hydroxylation sites is 1. The number of ketones is 1. The number of nitrogens with one attached hydrogen (secondary N) is 2. The Bertz CT molecular complexity index is 721. The maximum absolute atomic E-state index is 12.0. The van der Waals surface area contributed by atoms with Gasteiger partial charge in [-0.05, 0) is 29.8 Å². The average Bonchev–Trinajstić information content (AvgIpc) is 3.03. The van der Waals surface area contributed by atoms with Crippen LogP contribution in [0, 0.1) is 0 Å². The zero-order valence-electron chi connectivity index (χ0n) is 11.4. The van der Waals surface area contributed by atoms with Crippen LogP contribution in [-0.4, -0.2) is 15.8 Å². The molecule has 4 heteroatoms. The van der Waals surface area contributed by atoms with Gasteiger partial charge in [0.25, 0.3) is 0 Å². The largest absolute Gasteiger partial charge is 0.356 e. The molecule has 0 saturated heterocycles. The number of carbonyl (C=O) groups excluding carboxylic acids is 1. The Morgan fingerprint density at radius 1 is 1.05 bits per heavy atom. The van der Waals surface area contributed by atoms with Crippen molar-refractivity contribution in [3.8, 4) is 0 Å². The Balaban J connectivity index is 1.73. The molecule has 0 aliphatic heterocycles. The molecule has 0 aliphatic carbocycles. The maximum atomic E-state index is 12.0. The van der Waals surface area contributed by atoms with Crippen molar-refractivity contribution in [2.45, 2.75) is 6.42 Å². The molecule has 0 saturated carbocycles. The van der Waals surface area contributed by atoms with Crippen LogP contribution < -0.4 is 5.32 Å². The number of imidazole rings is 1. The molecule has 1 heterocycles. The summed E-state index contributed by atoms with van der Waals surface area (Å²) in [7, 11) is 0. The number of aromatic amines is 1. The third-order valence-electron chi connectivity index (χ3n) is 3.12. The zero-order chi connectivity index (χ0) is 14.5. The third-order valence-corrected chi connectivity index (χ3v) is 3.12. The molecule has 2 N–H and O–H groups in total. The molecule has 3 aromatic rings. The molecular formula is C17H15N3O. The van der Waals surface area contributed by atoms with E-state index in [0.29, 0.717) is 12.2 Å². The molecule has 0 atom stereocenters. The van der Waals surface area contributed by atoms with Crippen molar-refractivity contribution in [2.75, 3.05) is 5.32 Å². The Labute approximate surface area is 122 Å². The molecule has 0 aliphatic rings. The lowest BCUT2D eigenvalue weighted by molar-refractivity contribution is 0.0984. The number of hydrogen-bond donors (Lipinski definition) is 2. The summed E-state index contributed by atoms with van der Waals surface area (Å²) in [6, 6.07) is 17.8. The molecule has 0 bridgehead atoms. The van der Waals surface area contributed by atoms with E-state index in [9.17, 15) is 4.79 Å². The van der Waals surface area contributed by atoms with Crippen molar-refractivity contribution in [1.29, 1.82) is 0 Å². The molecule has 0 radical (unpaired) electrons. The first-order chi connectivity index (χ1) is 10.3. The van der Waals surface area contributed by atoms with Gasteiger partial charge in [-0.25, -0.2) is 4.98 Å². The zero-order valence-corrected chi connectivity index (χ0v) is 11.4. The van der Waals surface area contributed by atoms with Gasteiger partial charge in [0.15, 0.2) is 5.82 Å². The number of rotatable bonds is 5. The third kappa shape index (κ3) is 3.36. The predicted octanol–water partition coefficient (Wildman–Crippen LogP) is 3.58. The van der Waals surface area contributed by atoms with Crippen LogP contribution >= 0.6 is 0 Å². The summed E-state index contributed by atoms with van der Waals surface area (Å²) < 4.78 is 0. The minimum absolute atomic E-state index is 0.0168. The minimum Gasteiger partial charge on any atom is -0.356 e. The number of Topliss-reactive ketones (excluding diaryl/α,β-unsaturated/α-hetero) is 1. The molecule has 0 spiro atoms. The Morgan fingerprint density at radius 3 is 2.62 bits per heavy atom. The van der Waals surface area contributed by atoms with E-state index in [1.165, 1.54) is 0 Å². The number of benzene rings is 2. The lowest BCUT2D eigenvalue weighted by Gasteiger charge is -2.08. The van der Waals surface area contributed by atoms with Crippen LogP contribution in [0.4, 0.5) is 11.4 Å². The molecular weight excluding hydrogens is 262 g/mol. The van der Waals surface area contributed by atoms with Crippen molar-refractivity contribution in [3.05, 3.63) is 78.4 Å². The topological polar surface area (TPSA) is 57.8 Å². The van der Waals surface area contributed by atoms with E-state index in [4.69, 9.17) is 0 Å². The second-order valence-corrected chi connectivity index (χ2v) is 4.73. The van der Waals surface area contributed by atoms with E-state index in [1.807, 2.05) is 54.6 Å². The van der Waals surface area contributed by atoms with Crippen molar-refractivity contribution in [2.24, 2.45) is 0 Å². The number of nitrogens with zero attached hydrogens (tertiary/aromatic N) is 1. The summed E-state index contributed by atoms with van der Waals surface area (Å²) in [5, 5.41) is 3.32. The standard InChI is InChI=1S/C17H15N3O/c21-16(17-18-9-10-19-17)12-13-5-4-8-15(11-13)20-14-6-2-1-3-7-14/h1-11,20H,12H2,(H,18,19). The van der Waals surface area contributed by atoms with Gasteiger partial charge in [0.2, 0.25) is 5.78 Å². The summed E-state index contributed by atoms with van der Waals surface area (Å²) in [5.41, 5.74) is 2.94. The molecule has 104 valence electrons. The molecule has 2 aromatic carbocycles. The highest BCUT2D eigenvalue weighted by Gasteiger charge is 2.09. The quantitative estimate of drug-likeness (QED) is 0.701. The Morgan fingerprint density at radius 2 is 1.86 bits per heavy atom. The van der Waals surface area contributed by atoms with Gasteiger partial charge < -0.3 is 10.3 Å². The number of hydrogen-bond acceptors (Lipinski definition) is 3. The monoisotopic (exact) mass is 277 g/mol. The fourth-order valence-corrected chi connectivity index (χ4v) is 2.13. The fraction of sp³-hybridized carbons (Fsp3) is 0.0588. The van der Waals surface area contributed by atoms with Crippen LogP contribution in [0.5, 0.6) is 0 Å². The summed E-state index contributed by atoms with van der Waals surface area (Å²) in [6.07, 6.45) is 3.57. The van der Waals surface area contributed by atoms with Gasteiger partial charge in [0.05, 0.1) is 0 Å². The van der Waals surface area contributed by atoms with Crippen LogP contribution in [0.3, 0.4) is 0 Å². The smallest absolute Gasteiger partial charge is 0.202 e. The predicted molar refractivity (Wildman–Crippen MR) is 82.8 cm³/mol. The molecule has 21 heavy (non-hydrogen) atoms. The van der Waals surface area contributed by atoms with Crippen molar-refractivity contribution < 1.29 is 4.79 Å². The number of carbonyl (C=O) groups is 1. The van der Waals surface area contributed by atoms with E-state index >= 15 is 0 Å². The summed E-state index contributed by atoms with van der Waals surface area (Å²) in [6.45, 7) is 0. The van der Waals surface area contributed by atoms with Crippen LogP contribution in [0.15, 0.2) is 67.0 Å². The van der Waals surface area contributed by atoms with Crippen molar-refractivity contribution in [1.82, 2.24) is 9.97 Å². The second kappa shape index (κ2) is 6.05. The fourth-order valence-electron chi connectivity index (χ4n) is 2.13. The SMILES string of the molecule is O=C(Cc1cccc(Nc2ccccc2)c1)c1ncc[nH]1. The van der Waals surface area contributed by atoms with Gasteiger partial charge in [-0.1, -0.05) is 30.3 Å². The molecule has 4 nitrogen and oxygen atoms in total. The Kier molecular flexibility index (Phi) is 3.78. The first-order valence-electron chi connectivity index (χ1n) is 6.75. The van der Waals surface area contributed by atoms with E-state index in [0.717, 1.165) is 16.9 Å². The summed E-state index contributed by atoms with van der Waals surface area (Å²) in [4.78, 5) is 18.8. The van der Waals surface area contributed by atoms with Crippen LogP contribution in [0.2, 0.25) is 0 Å². The number of anilines is 2. The van der Waals surface area contributed by atoms with Gasteiger partial charge in [0, 0.05) is 30.2 Å². The lowest BCUT2D eigenvalue weighted by atomic mass is 10.1. The van der Waals surface area contributed by atoms with E-state index < -0.39 is 0 Å². The maximum Gasteiger partial charge on any atom is 0.202 e. The molecule has 0 amide bonds. The summed E-state index contributed by atoms with van der Waals surface area (Å²) >= 11 is 0. The van der Waals surface area contributed by atoms with Crippen LogP contribution in [0.25, 0.3) is 0 Å². The van der Waals surface area contributed by atoms with E-state index in [2.05, 4.69) is 15.3 Å². The van der Waals surface area contributed by atoms with Gasteiger partial charge in [-0.2, -0.15) is 0 Å². The first-order valence-corrected chi connectivity index (χ1v) is 6.75. The molecule has 1 aromatic heterocycles. The summed E-state index contributed by atoms with van der Waals surface area (Å²) in [5.74, 6) is 0.383. The van der Waals surface area contributed by atoms with Gasteiger partial charge >= 0.3 is 0 Å². The molecule has 0 fully saturated rings. The second-order valence-electron chi connectivity index (χ2n) is 4.73. The first kappa shape index (κ1) is 13.1. The van der Waals surface area contributed by atoms with E-state index in [1.54, 1.807) is 12.4 Å². The highest BCUT2D eigenvalue weighted by Crippen LogP contribution is 2.18. The van der Waals surface area contributed by atoms with Gasteiger partial charge in [0.1, 0.15) is 0 Å². The van der Waals surface area contributed by atoms with Gasteiger partial charge in [-0.15, -0.1) is 0 Å². The molecule has 0 unspecified atom stereocenters. The Hall–Kier alpha value is -2.88. The van der Waals surface area contributed by atoms with Gasteiger partial charge in [-0.3, -0.25) is 4.79 Å². The van der Waals surface area contributed by atoms with Crippen LogP contribution in [-0.2, 0) is 6.42 Å². The minimum atomic E-state index is -0.0168. The average molecular weight is 277 g/mol. The molecule has 3 rings (SSSR count). The highest BCUT2D eigenvalue weighted by molar-refractivity contribution is 5.94. The number of H-pyrrole nitrogens is 1. The van der Waals surface area contributed by atoms with Crippen LogP contribution in [0.1, 0.15) is 16.2 Å². The lowest BCUT2D eigenvalue weighted by Crippen LogP contribution is -2.05. The van der Waals surface area contributed by atoms with Crippen molar-refractivity contribution in [3.63, 3.8) is 0 Å².